The molecule has 5 heteroatoms. The molecule has 2 aromatic carbocycles. The third-order valence-corrected chi connectivity index (χ3v) is 3.33. The molecule has 0 aliphatic rings. The van der Waals surface area contributed by atoms with Crippen LogP contribution in [-0.4, -0.2) is 30.8 Å². The second-order valence-electron chi connectivity index (χ2n) is 4.92. The molecule has 0 saturated heterocycles. The predicted octanol–water partition coefficient (Wildman–Crippen LogP) is 3.05. The quantitative estimate of drug-likeness (QED) is 0.655. The molecule has 0 saturated carbocycles. The number of esters is 1. The number of carboxylic acid groups (broad SMARTS) is 1. The Morgan fingerprint density at radius 2 is 1.96 bits per heavy atom. The molecule has 0 aliphatic carbocycles. The number of hydrogen-bond acceptors (Lipinski definition) is 4. The molecule has 2 aromatic rings. The van der Waals surface area contributed by atoms with Gasteiger partial charge in [-0.3, -0.25) is 4.79 Å². The summed E-state index contributed by atoms with van der Waals surface area (Å²) in [7, 11) is 1.58. The largest absolute Gasteiger partial charge is 0.497 e. The van der Waals surface area contributed by atoms with Crippen molar-refractivity contribution in [2.75, 3.05) is 13.7 Å². The van der Waals surface area contributed by atoms with Crippen LogP contribution in [0.3, 0.4) is 0 Å². The first-order valence-electron chi connectivity index (χ1n) is 7.20. The molecule has 23 heavy (non-hydrogen) atoms. The maximum Gasteiger partial charge on any atom is 0.330 e. The Morgan fingerprint density at radius 3 is 2.61 bits per heavy atom. The first kappa shape index (κ1) is 16.5. The Morgan fingerprint density at radius 1 is 1.17 bits per heavy atom. The topological polar surface area (TPSA) is 72.8 Å². The van der Waals surface area contributed by atoms with E-state index in [1.165, 1.54) is 6.08 Å². The monoisotopic (exact) mass is 314 g/mol. The van der Waals surface area contributed by atoms with Crippen LogP contribution in [0.4, 0.5) is 0 Å². The maximum absolute atomic E-state index is 11.5. The van der Waals surface area contributed by atoms with Crippen LogP contribution in [0.2, 0.25) is 0 Å². The average molecular weight is 314 g/mol. The van der Waals surface area contributed by atoms with E-state index in [4.69, 9.17) is 14.6 Å². The van der Waals surface area contributed by atoms with Crippen LogP contribution in [-0.2, 0) is 20.7 Å². The molecule has 120 valence electrons. The fourth-order valence-corrected chi connectivity index (χ4v) is 2.29. The van der Waals surface area contributed by atoms with E-state index in [1.807, 2.05) is 30.3 Å². The van der Waals surface area contributed by atoms with Crippen molar-refractivity contribution in [2.45, 2.75) is 13.3 Å². The zero-order valence-electron chi connectivity index (χ0n) is 13.0. The van der Waals surface area contributed by atoms with Crippen molar-refractivity contribution < 1.29 is 24.2 Å². The van der Waals surface area contributed by atoms with Gasteiger partial charge in [-0.05, 0) is 59.2 Å². The van der Waals surface area contributed by atoms with Crippen LogP contribution < -0.4 is 4.74 Å². The van der Waals surface area contributed by atoms with Crippen molar-refractivity contribution in [3.63, 3.8) is 0 Å². The summed E-state index contributed by atoms with van der Waals surface area (Å²) in [6.45, 7) is 2.02. The molecule has 0 amide bonds. The normalized spacial score (nSPS) is 10.9. The standard InChI is InChI=1S/C18H18O5/c1-3-23-18(21)7-5-13-8-14-10-16(22-2)6-4-12(14)9-15(13)11-17(19)20/h4-10H,3,11H2,1-2H3,(H,19,20)/b7-5+. The van der Waals surface area contributed by atoms with Crippen molar-refractivity contribution in [1.29, 1.82) is 0 Å². The molecule has 0 bridgehead atoms. The number of rotatable bonds is 6. The van der Waals surface area contributed by atoms with Crippen LogP contribution in [0.1, 0.15) is 18.1 Å². The minimum atomic E-state index is -0.927. The summed E-state index contributed by atoms with van der Waals surface area (Å²) in [6.07, 6.45) is 2.76. The molecule has 0 spiro atoms. The highest BCUT2D eigenvalue weighted by Crippen LogP contribution is 2.25. The van der Waals surface area contributed by atoms with E-state index in [2.05, 4.69) is 0 Å². The van der Waals surface area contributed by atoms with Crippen LogP contribution in [0, 0.1) is 0 Å². The highest BCUT2D eigenvalue weighted by molar-refractivity contribution is 5.92. The second-order valence-corrected chi connectivity index (χ2v) is 4.92. The van der Waals surface area contributed by atoms with Gasteiger partial charge in [-0.15, -0.1) is 0 Å². The van der Waals surface area contributed by atoms with Gasteiger partial charge in [0.25, 0.3) is 0 Å². The molecule has 0 fully saturated rings. The molecular formula is C18H18O5. The van der Waals surface area contributed by atoms with Crippen molar-refractivity contribution in [1.82, 2.24) is 0 Å². The van der Waals surface area contributed by atoms with E-state index in [1.54, 1.807) is 20.1 Å². The molecule has 0 aliphatic heterocycles. The Hall–Kier alpha value is -2.82. The van der Waals surface area contributed by atoms with Gasteiger partial charge in [0, 0.05) is 6.08 Å². The Kier molecular flexibility index (Phi) is 5.36. The molecule has 2 rings (SSSR count). The molecule has 0 heterocycles. The lowest BCUT2D eigenvalue weighted by molar-refractivity contribution is -0.137. The van der Waals surface area contributed by atoms with Crippen LogP contribution in [0.15, 0.2) is 36.4 Å². The van der Waals surface area contributed by atoms with Crippen molar-refractivity contribution in [3.05, 3.63) is 47.5 Å². The highest BCUT2D eigenvalue weighted by atomic mass is 16.5. The molecule has 0 radical (unpaired) electrons. The number of carboxylic acids is 1. The number of methoxy groups -OCH3 is 1. The van der Waals surface area contributed by atoms with E-state index in [0.717, 1.165) is 10.8 Å². The zero-order valence-corrected chi connectivity index (χ0v) is 13.0. The summed E-state index contributed by atoms with van der Waals surface area (Å²) in [5, 5.41) is 10.9. The second kappa shape index (κ2) is 7.45. The van der Waals surface area contributed by atoms with Crippen LogP contribution in [0.25, 0.3) is 16.8 Å². The SMILES string of the molecule is CCOC(=O)/C=C/c1cc2cc(OC)ccc2cc1CC(=O)O. The molecule has 0 aromatic heterocycles. The summed E-state index contributed by atoms with van der Waals surface area (Å²) in [5.74, 6) is -0.674. The minimum Gasteiger partial charge on any atom is -0.497 e. The van der Waals surface area contributed by atoms with E-state index < -0.39 is 11.9 Å². The van der Waals surface area contributed by atoms with Gasteiger partial charge in [-0.1, -0.05) is 6.07 Å². The van der Waals surface area contributed by atoms with Gasteiger partial charge in [-0.2, -0.15) is 0 Å². The lowest BCUT2D eigenvalue weighted by Crippen LogP contribution is -2.03. The predicted molar refractivity (Wildman–Crippen MR) is 87.5 cm³/mol. The fraction of sp³-hybridized carbons (Fsp3) is 0.222. The summed E-state index contributed by atoms with van der Waals surface area (Å²) in [5.41, 5.74) is 1.30. The van der Waals surface area contributed by atoms with Crippen molar-refractivity contribution in [3.8, 4) is 5.75 Å². The Labute approximate surface area is 134 Å². The van der Waals surface area contributed by atoms with Gasteiger partial charge in [0.05, 0.1) is 20.1 Å². The van der Waals surface area contributed by atoms with E-state index in [9.17, 15) is 9.59 Å². The number of benzene rings is 2. The number of carbonyl (C=O) groups is 2. The first-order chi connectivity index (χ1) is 11.0. The molecule has 0 atom stereocenters. The summed E-state index contributed by atoms with van der Waals surface area (Å²) < 4.78 is 10.0. The summed E-state index contributed by atoms with van der Waals surface area (Å²) >= 11 is 0. The van der Waals surface area contributed by atoms with Crippen molar-refractivity contribution >= 4 is 28.8 Å². The molecule has 0 unspecified atom stereocenters. The number of ether oxygens (including phenoxy) is 2. The zero-order chi connectivity index (χ0) is 16.8. The van der Waals surface area contributed by atoms with Gasteiger partial charge in [-0.25, -0.2) is 4.79 Å². The van der Waals surface area contributed by atoms with Gasteiger partial charge in [0.1, 0.15) is 5.75 Å². The lowest BCUT2D eigenvalue weighted by Gasteiger charge is -2.08. The van der Waals surface area contributed by atoms with E-state index >= 15 is 0 Å². The third kappa shape index (κ3) is 4.32. The van der Waals surface area contributed by atoms with E-state index in [0.29, 0.717) is 23.5 Å². The Balaban J connectivity index is 2.48. The van der Waals surface area contributed by atoms with Gasteiger partial charge in [0.15, 0.2) is 0 Å². The van der Waals surface area contributed by atoms with E-state index in [-0.39, 0.29) is 6.42 Å². The number of hydrogen-bond donors (Lipinski definition) is 1. The summed E-state index contributed by atoms with van der Waals surface area (Å²) in [6, 6.07) is 9.21. The fourth-order valence-electron chi connectivity index (χ4n) is 2.29. The molecule has 1 N–H and O–H groups in total. The van der Waals surface area contributed by atoms with Gasteiger partial charge >= 0.3 is 11.9 Å². The summed E-state index contributed by atoms with van der Waals surface area (Å²) in [4.78, 5) is 22.5. The lowest BCUT2D eigenvalue weighted by atomic mass is 9.98. The minimum absolute atomic E-state index is 0.121. The number of aliphatic carboxylic acids is 1. The van der Waals surface area contributed by atoms with Crippen molar-refractivity contribution in [2.24, 2.45) is 0 Å². The van der Waals surface area contributed by atoms with Gasteiger partial charge < -0.3 is 14.6 Å². The number of carbonyl (C=O) groups excluding carboxylic acids is 1. The smallest absolute Gasteiger partial charge is 0.330 e. The molecule has 5 nitrogen and oxygen atoms in total. The van der Waals surface area contributed by atoms with Crippen LogP contribution in [0.5, 0.6) is 5.75 Å². The van der Waals surface area contributed by atoms with Gasteiger partial charge in [0.2, 0.25) is 0 Å². The third-order valence-electron chi connectivity index (χ3n) is 3.33. The molecular weight excluding hydrogens is 296 g/mol. The number of fused-ring (bicyclic) bond motifs is 1. The Bertz CT molecular complexity index is 761. The highest BCUT2D eigenvalue weighted by Gasteiger charge is 2.08. The van der Waals surface area contributed by atoms with Crippen LogP contribution >= 0.6 is 0 Å². The average Bonchev–Trinajstić information content (AvgIpc) is 2.52. The maximum atomic E-state index is 11.5. The first-order valence-corrected chi connectivity index (χ1v) is 7.20.